The summed E-state index contributed by atoms with van der Waals surface area (Å²) in [6.07, 6.45) is 4.12. The van der Waals surface area contributed by atoms with E-state index in [0.717, 1.165) is 31.2 Å². The molecule has 2 aliphatic rings. The van der Waals surface area contributed by atoms with E-state index in [0.29, 0.717) is 30.9 Å². The van der Waals surface area contributed by atoms with Crippen molar-refractivity contribution in [2.45, 2.75) is 37.5 Å². The van der Waals surface area contributed by atoms with Crippen molar-refractivity contribution in [1.82, 2.24) is 5.32 Å². The molecule has 0 radical (unpaired) electrons. The van der Waals surface area contributed by atoms with Gasteiger partial charge in [-0.3, -0.25) is 14.4 Å². The molecule has 0 unspecified atom stereocenters. The molecule has 1 saturated heterocycles. The van der Waals surface area contributed by atoms with Crippen molar-refractivity contribution in [2.75, 3.05) is 23.3 Å². The van der Waals surface area contributed by atoms with Gasteiger partial charge in [0.25, 0.3) is 0 Å². The summed E-state index contributed by atoms with van der Waals surface area (Å²) in [7, 11) is 0. The zero-order chi connectivity index (χ0) is 21.1. The van der Waals surface area contributed by atoms with Crippen molar-refractivity contribution in [2.24, 2.45) is 0 Å². The number of benzene rings is 2. The van der Waals surface area contributed by atoms with Crippen LogP contribution in [0, 0.1) is 5.82 Å². The van der Waals surface area contributed by atoms with Crippen molar-refractivity contribution in [1.29, 1.82) is 0 Å². The van der Waals surface area contributed by atoms with Gasteiger partial charge < -0.3 is 15.5 Å². The molecule has 4 rings (SSSR count). The summed E-state index contributed by atoms with van der Waals surface area (Å²) in [5.41, 5.74) is 1.92. The Balaban J connectivity index is 1.35. The Morgan fingerprint density at radius 3 is 2.50 bits per heavy atom. The van der Waals surface area contributed by atoms with E-state index in [-0.39, 0.29) is 17.1 Å². The van der Waals surface area contributed by atoms with Crippen LogP contribution < -0.4 is 15.5 Å². The van der Waals surface area contributed by atoms with Crippen molar-refractivity contribution in [3.8, 4) is 0 Å². The third kappa shape index (κ3) is 4.35. The monoisotopic (exact) mass is 409 g/mol. The standard InChI is InChI=1S/C23H24FN3O3/c24-17-9-7-16(8-10-17)23(11-12-23)15-25-21(29)22(30)26-18-4-3-5-19(14-18)27-13-2-1-6-20(27)28/h3-5,7-10,14H,1-2,6,11-13,15H2,(H,25,29)(H,26,30). The van der Waals surface area contributed by atoms with Crippen LogP contribution in [-0.4, -0.2) is 30.8 Å². The fourth-order valence-electron chi connectivity index (χ4n) is 3.87. The van der Waals surface area contributed by atoms with Gasteiger partial charge in [-0.25, -0.2) is 4.39 Å². The zero-order valence-corrected chi connectivity index (χ0v) is 16.6. The molecular formula is C23H24FN3O3. The van der Waals surface area contributed by atoms with Crippen molar-refractivity contribution < 1.29 is 18.8 Å². The second kappa shape index (κ2) is 8.26. The van der Waals surface area contributed by atoms with Gasteiger partial charge in [-0.2, -0.15) is 0 Å². The summed E-state index contributed by atoms with van der Waals surface area (Å²) >= 11 is 0. The fourth-order valence-corrected chi connectivity index (χ4v) is 3.87. The highest BCUT2D eigenvalue weighted by molar-refractivity contribution is 6.39. The summed E-state index contributed by atoms with van der Waals surface area (Å²) in [6.45, 7) is 0.982. The highest BCUT2D eigenvalue weighted by Crippen LogP contribution is 2.47. The average Bonchev–Trinajstić information content (AvgIpc) is 3.54. The molecule has 1 aliphatic carbocycles. The molecule has 1 heterocycles. The summed E-state index contributed by atoms with van der Waals surface area (Å²) in [6, 6.07) is 13.2. The predicted octanol–water partition coefficient (Wildman–Crippen LogP) is 3.13. The molecule has 0 atom stereocenters. The Morgan fingerprint density at radius 1 is 1.03 bits per heavy atom. The molecule has 2 fully saturated rings. The molecule has 156 valence electrons. The van der Waals surface area contributed by atoms with Crippen molar-refractivity contribution >= 4 is 29.1 Å². The summed E-state index contributed by atoms with van der Waals surface area (Å²) in [5, 5.41) is 5.30. The Kier molecular flexibility index (Phi) is 5.53. The highest BCUT2D eigenvalue weighted by Gasteiger charge is 2.44. The van der Waals surface area contributed by atoms with E-state index in [1.165, 1.54) is 12.1 Å². The number of hydrogen-bond donors (Lipinski definition) is 2. The molecule has 1 saturated carbocycles. The molecule has 1 aliphatic heterocycles. The van der Waals surface area contributed by atoms with E-state index in [4.69, 9.17) is 0 Å². The molecule has 0 aromatic heterocycles. The number of carbonyl (C=O) groups excluding carboxylic acids is 3. The van der Waals surface area contributed by atoms with Crippen LogP contribution in [0.4, 0.5) is 15.8 Å². The van der Waals surface area contributed by atoms with E-state index in [9.17, 15) is 18.8 Å². The average molecular weight is 409 g/mol. The number of nitrogens with one attached hydrogen (secondary N) is 2. The Hall–Kier alpha value is -3.22. The minimum atomic E-state index is -0.757. The molecule has 30 heavy (non-hydrogen) atoms. The summed E-state index contributed by atoms with van der Waals surface area (Å²) in [5.74, 6) is -1.71. The number of halogens is 1. The number of rotatable bonds is 5. The van der Waals surface area contributed by atoms with Gasteiger partial charge in [-0.1, -0.05) is 18.2 Å². The van der Waals surface area contributed by atoms with Crippen LogP contribution in [0.15, 0.2) is 48.5 Å². The minimum absolute atomic E-state index is 0.0676. The molecule has 7 heteroatoms. The Labute approximate surface area is 174 Å². The summed E-state index contributed by atoms with van der Waals surface area (Å²) in [4.78, 5) is 38.4. The first-order valence-corrected chi connectivity index (χ1v) is 10.2. The van der Waals surface area contributed by atoms with Crippen LogP contribution in [0.2, 0.25) is 0 Å². The third-order valence-corrected chi connectivity index (χ3v) is 5.84. The number of piperidine rings is 1. The normalized spacial score (nSPS) is 17.4. The lowest BCUT2D eigenvalue weighted by Crippen LogP contribution is -2.39. The number of anilines is 2. The second-order valence-electron chi connectivity index (χ2n) is 7.98. The van der Waals surface area contributed by atoms with E-state index in [2.05, 4.69) is 10.6 Å². The van der Waals surface area contributed by atoms with Crippen LogP contribution in [-0.2, 0) is 19.8 Å². The minimum Gasteiger partial charge on any atom is -0.347 e. The lowest BCUT2D eigenvalue weighted by molar-refractivity contribution is -0.136. The lowest BCUT2D eigenvalue weighted by Gasteiger charge is -2.27. The largest absolute Gasteiger partial charge is 0.347 e. The van der Waals surface area contributed by atoms with E-state index in [1.54, 1.807) is 35.2 Å². The van der Waals surface area contributed by atoms with Crippen molar-refractivity contribution in [3.63, 3.8) is 0 Å². The number of nitrogens with zero attached hydrogens (tertiary/aromatic N) is 1. The van der Waals surface area contributed by atoms with Gasteiger partial charge in [-0.05, 0) is 61.6 Å². The topological polar surface area (TPSA) is 78.5 Å². The van der Waals surface area contributed by atoms with E-state index >= 15 is 0 Å². The van der Waals surface area contributed by atoms with Crippen molar-refractivity contribution in [3.05, 3.63) is 59.9 Å². The van der Waals surface area contributed by atoms with Crippen LogP contribution in [0.1, 0.15) is 37.7 Å². The van der Waals surface area contributed by atoms with Gasteiger partial charge in [0.15, 0.2) is 0 Å². The molecule has 0 spiro atoms. The van der Waals surface area contributed by atoms with Gasteiger partial charge in [0.05, 0.1) is 0 Å². The maximum absolute atomic E-state index is 13.1. The molecule has 6 nitrogen and oxygen atoms in total. The fraction of sp³-hybridized carbons (Fsp3) is 0.348. The molecule has 2 N–H and O–H groups in total. The van der Waals surface area contributed by atoms with Crippen LogP contribution >= 0.6 is 0 Å². The molecule has 3 amide bonds. The predicted molar refractivity (Wildman–Crippen MR) is 112 cm³/mol. The van der Waals surface area contributed by atoms with E-state index < -0.39 is 11.8 Å². The molecular weight excluding hydrogens is 385 g/mol. The quantitative estimate of drug-likeness (QED) is 0.745. The maximum Gasteiger partial charge on any atom is 0.313 e. The first kappa shape index (κ1) is 20.1. The number of hydrogen-bond acceptors (Lipinski definition) is 3. The summed E-state index contributed by atoms with van der Waals surface area (Å²) < 4.78 is 13.1. The van der Waals surface area contributed by atoms with Gasteiger partial charge in [0.2, 0.25) is 5.91 Å². The lowest BCUT2D eigenvalue weighted by atomic mass is 9.96. The maximum atomic E-state index is 13.1. The Bertz CT molecular complexity index is 970. The number of amides is 3. The third-order valence-electron chi connectivity index (χ3n) is 5.84. The molecule has 0 bridgehead atoms. The smallest absolute Gasteiger partial charge is 0.313 e. The van der Waals surface area contributed by atoms with Crippen LogP contribution in [0.3, 0.4) is 0 Å². The van der Waals surface area contributed by atoms with Crippen LogP contribution in [0.5, 0.6) is 0 Å². The Morgan fingerprint density at radius 2 is 1.80 bits per heavy atom. The highest BCUT2D eigenvalue weighted by atomic mass is 19.1. The SMILES string of the molecule is O=C(NCC1(c2ccc(F)cc2)CC1)C(=O)Nc1cccc(N2CCCCC2=O)c1. The first-order chi connectivity index (χ1) is 14.5. The van der Waals surface area contributed by atoms with Crippen LogP contribution in [0.25, 0.3) is 0 Å². The van der Waals surface area contributed by atoms with Gasteiger partial charge in [0, 0.05) is 36.3 Å². The van der Waals surface area contributed by atoms with E-state index in [1.807, 2.05) is 6.07 Å². The van der Waals surface area contributed by atoms with Gasteiger partial charge in [-0.15, -0.1) is 0 Å². The van der Waals surface area contributed by atoms with Gasteiger partial charge >= 0.3 is 11.8 Å². The number of carbonyl (C=O) groups is 3. The second-order valence-corrected chi connectivity index (χ2v) is 7.98. The first-order valence-electron chi connectivity index (χ1n) is 10.2. The zero-order valence-electron chi connectivity index (χ0n) is 16.6. The molecule has 2 aromatic rings. The van der Waals surface area contributed by atoms with Gasteiger partial charge in [0.1, 0.15) is 5.82 Å². The molecule has 2 aromatic carbocycles.